The first-order valence-electron chi connectivity index (χ1n) is 11.8. The van der Waals surface area contributed by atoms with Crippen LogP contribution in [0.3, 0.4) is 0 Å². The Morgan fingerprint density at radius 1 is 1.03 bits per heavy atom. The van der Waals surface area contributed by atoms with Crippen molar-refractivity contribution < 1.29 is 14.3 Å². The Kier molecular flexibility index (Phi) is 4.72. The molecule has 0 spiro atoms. The number of methoxy groups -OCH3 is 1. The summed E-state index contributed by atoms with van der Waals surface area (Å²) in [5, 5.41) is 0. The largest absolute Gasteiger partial charge is 0.497 e. The van der Waals surface area contributed by atoms with E-state index in [1.807, 2.05) is 24.3 Å². The molecule has 0 N–H and O–H groups in total. The maximum atomic E-state index is 13.5. The summed E-state index contributed by atoms with van der Waals surface area (Å²) in [6, 6.07) is 7.88. The lowest BCUT2D eigenvalue weighted by atomic mass is 9.45. The van der Waals surface area contributed by atoms with Crippen LogP contribution in [0.5, 0.6) is 5.75 Å². The van der Waals surface area contributed by atoms with E-state index in [0.717, 1.165) is 29.7 Å². The van der Waals surface area contributed by atoms with Crippen LogP contribution in [0.15, 0.2) is 29.8 Å². The lowest BCUT2D eigenvalue weighted by Gasteiger charge is -2.58. The smallest absolute Gasteiger partial charge is 0.165 e. The molecule has 4 aliphatic carbocycles. The molecular formula is C27H34O3. The van der Waals surface area contributed by atoms with Crippen LogP contribution < -0.4 is 4.74 Å². The first-order chi connectivity index (χ1) is 14.4. The molecule has 1 aromatic rings. The first-order valence-corrected chi connectivity index (χ1v) is 11.8. The molecule has 160 valence electrons. The number of ether oxygens (including phenoxy) is 1. The van der Waals surface area contributed by atoms with E-state index in [1.165, 1.54) is 32.1 Å². The fourth-order valence-electron chi connectivity index (χ4n) is 7.83. The van der Waals surface area contributed by atoms with Gasteiger partial charge in [-0.15, -0.1) is 0 Å². The van der Waals surface area contributed by atoms with Gasteiger partial charge in [-0.2, -0.15) is 0 Å². The Bertz CT molecular complexity index is 897. The molecule has 4 saturated carbocycles. The predicted octanol–water partition coefficient (Wildman–Crippen LogP) is 5.87. The van der Waals surface area contributed by atoms with Crippen LogP contribution in [0.2, 0.25) is 0 Å². The monoisotopic (exact) mass is 406 g/mol. The second-order valence-electron chi connectivity index (χ2n) is 10.8. The number of carbonyl (C=O) groups excluding carboxylic acids is 2. The van der Waals surface area contributed by atoms with Gasteiger partial charge in [0.2, 0.25) is 0 Å². The fourth-order valence-corrected chi connectivity index (χ4v) is 7.83. The SMILES string of the molecule is COc1ccc(/C=C2\C[C@@H]3[C@@H]4CC[C@H]5CCCC[C@]5(C)[C@H]4C(=O)C[C@@]3(C)C2=O)cc1. The van der Waals surface area contributed by atoms with E-state index in [0.29, 0.717) is 30.0 Å². The van der Waals surface area contributed by atoms with E-state index in [-0.39, 0.29) is 17.1 Å². The lowest BCUT2D eigenvalue weighted by Crippen LogP contribution is -2.56. The molecule has 3 heteroatoms. The van der Waals surface area contributed by atoms with Gasteiger partial charge < -0.3 is 4.74 Å². The Balaban J connectivity index is 1.48. The van der Waals surface area contributed by atoms with Gasteiger partial charge in [0.1, 0.15) is 11.5 Å². The molecule has 4 aliphatic rings. The topological polar surface area (TPSA) is 43.4 Å². The van der Waals surface area contributed by atoms with Crippen LogP contribution in [0.1, 0.15) is 70.8 Å². The molecule has 3 nitrogen and oxygen atoms in total. The third-order valence-corrected chi connectivity index (χ3v) is 9.37. The summed E-state index contributed by atoms with van der Waals surface area (Å²) in [6.45, 7) is 4.48. The van der Waals surface area contributed by atoms with E-state index in [2.05, 4.69) is 19.9 Å². The number of carbonyl (C=O) groups is 2. The molecule has 0 amide bonds. The predicted molar refractivity (Wildman–Crippen MR) is 118 cm³/mol. The van der Waals surface area contributed by atoms with Crippen molar-refractivity contribution >= 4 is 17.6 Å². The third kappa shape index (κ3) is 2.84. The average Bonchev–Trinajstić information content (AvgIpc) is 2.98. The third-order valence-electron chi connectivity index (χ3n) is 9.37. The number of Topliss-reactive ketones (excluding diaryl/α,β-unsaturated/α-hetero) is 2. The highest BCUT2D eigenvalue weighted by atomic mass is 16.5. The number of benzene rings is 1. The maximum absolute atomic E-state index is 13.5. The zero-order valence-corrected chi connectivity index (χ0v) is 18.6. The summed E-state index contributed by atoms with van der Waals surface area (Å²) in [4.78, 5) is 27.1. The fraction of sp³-hybridized carbons (Fsp3) is 0.630. The minimum Gasteiger partial charge on any atom is -0.497 e. The molecule has 6 atom stereocenters. The molecule has 0 aromatic heterocycles. The van der Waals surface area contributed by atoms with Crippen LogP contribution in [0.4, 0.5) is 0 Å². The highest BCUT2D eigenvalue weighted by molar-refractivity contribution is 6.08. The summed E-state index contributed by atoms with van der Waals surface area (Å²) in [5.74, 6) is 2.98. The van der Waals surface area contributed by atoms with Gasteiger partial charge in [-0.3, -0.25) is 9.59 Å². The van der Waals surface area contributed by atoms with E-state index < -0.39 is 5.41 Å². The molecule has 30 heavy (non-hydrogen) atoms. The van der Waals surface area contributed by atoms with Crippen LogP contribution in [-0.4, -0.2) is 18.7 Å². The number of fused-ring (bicyclic) bond motifs is 5. The van der Waals surface area contributed by atoms with Gasteiger partial charge in [0, 0.05) is 17.8 Å². The zero-order chi connectivity index (χ0) is 21.1. The van der Waals surface area contributed by atoms with Crippen molar-refractivity contribution in [2.24, 2.45) is 34.5 Å². The number of ketones is 2. The molecule has 5 rings (SSSR count). The van der Waals surface area contributed by atoms with Crippen molar-refractivity contribution in [3.05, 3.63) is 35.4 Å². The number of hydrogen-bond donors (Lipinski definition) is 0. The van der Waals surface area contributed by atoms with Crippen molar-refractivity contribution in [1.82, 2.24) is 0 Å². The second-order valence-corrected chi connectivity index (χ2v) is 10.8. The molecule has 0 bridgehead atoms. The molecule has 0 saturated heterocycles. The van der Waals surface area contributed by atoms with Crippen LogP contribution in [0.25, 0.3) is 6.08 Å². The highest BCUT2D eigenvalue weighted by Crippen LogP contribution is 2.65. The molecular weight excluding hydrogens is 372 g/mol. The number of hydrogen-bond acceptors (Lipinski definition) is 3. The Labute approximate surface area is 180 Å². The van der Waals surface area contributed by atoms with Gasteiger partial charge in [-0.25, -0.2) is 0 Å². The number of allylic oxidation sites excluding steroid dienone is 1. The molecule has 4 fully saturated rings. The van der Waals surface area contributed by atoms with Crippen LogP contribution in [0, 0.1) is 34.5 Å². The zero-order valence-electron chi connectivity index (χ0n) is 18.6. The average molecular weight is 407 g/mol. The minimum atomic E-state index is -0.506. The van der Waals surface area contributed by atoms with E-state index in [9.17, 15) is 9.59 Å². The van der Waals surface area contributed by atoms with Gasteiger partial charge in [-0.1, -0.05) is 38.8 Å². The first kappa shape index (κ1) is 20.0. The van der Waals surface area contributed by atoms with Crippen molar-refractivity contribution in [2.45, 2.75) is 65.2 Å². The van der Waals surface area contributed by atoms with Gasteiger partial charge in [0.25, 0.3) is 0 Å². The van der Waals surface area contributed by atoms with Crippen LogP contribution in [-0.2, 0) is 9.59 Å². The van der Waals surface area contributed by atoms with E-state index >= 15 is 0 Å². The van der Waals surface area contributed by atoms with Crippen molar-refractivity contribution in [2.75, 3.05) is 7.11 Å². The summed E-state index contributed by atoms with van der Waals surface area (Å²) in [6.07, 6.45) is 10.7. The Hall–Kier alpha value is -1.90. The van der Waals surface area contributed by atoms with Gasteiger partial charge in [-0.05, 0) is 84.6 Å². The van der Waals surface area contributed by atoms with Crippen molar-refractivity contribution in [3.63, 3.8) is 0 Å². The van der Waals surface area contributed by atoms with E-state index in [4.69, 9.17) is 4.74 Å². The van der Waals surface area contributed by atoms with E-state index in [1.54, 1.807) is 7.11 Å². The number of rotatable bonds is 2. The van der Waals surface area contributed by atoms with Gasteiger partial charge in [0.05, 0.1) is 7.11 Å². The molecule has 0 heterocycles. The summed E-state index contributed by atoms with van der Waals surface area (Å²) in [7, 11) is 1.66. The van der Waals surface area contributed by atoms with Crippen LogP contribution >= 0.6 is 0 Å². The Morgan fingerprint density at radius 3 is 2.53 bits per heavy atom. The normalized spacial score (nSPS) is 41.9. The minimum absolute atomic E-state index is 0.158. The molecule has 0 aliphatic heterocycles. The summed E-state index contributed by atoms with van der Waals surface area (Å²) in [5.41, 5.74) is 1.60. The Morgan fingerprint density at radius 2 is 1.80 bits per heavy atom. The second kappa shape index (κ2) is 7.07. The molecule has 1 aromatic carbocycles. The standard InChI is InChI=1S/C27H34O3/c1-26-13-5-4-6-19(26)9-12-21-22-15-18(14-17-7-10-20(30-3)11-8-17)25(29)27(22,2)16-23(28)24(21)26/h7-8,10-11,14,19,21-22,24H,4-6,9,12-13,15-16H2,1-3H3/b18-14+/t19-,21+,22-,24-,26+,27-/m1/s1. The lowest BCUT2D eigenvalue weighted by molar-refractivity contribution is -0.159. The summed E-state index contributed by atoms with van der Waals surface area (Å²) >= 11 is 0. The van der Waals surface area contributed by atoms with Gasteiger partial charge >= 0.3 is 0 Å². The highest BCUT2D eigenvalue weighted by Gasteiger charge is 2.63. The van der Waals surface area contributed by atoms with Crippen molar-refractivity contribution in [3.8, 4) is 5.75 Å². The van der Waals surface area contributed by atoms with Gasteiger partial charge in [0.15, 0.2) is 5.78 Å². The van der Waals surface area contributed by atoms with Crippen molar-refractivity contribution in [1.29, 1.82) is 0 Å². The molecule has 0 radical (unpaired) electrons. The summed E-state index contributed by atoms with van der Waals surface area (Å²) < 4.78 is 5.25. The quantitative estimate of drug-likeness (QED) is 0.577. The molecule has 0 unspecified atom stereocenters. The maximum Gasteiger partial charge on any atom is 0.165 e.